The normalized spacial score (nSPS) is 18.2. The van der Waals surface area contributed by atoms with E-state index in [4.69, 9.17) is 0 Å². The highest BCUT2D eigenvalue weighted by molar-refractivity contribution is 9.11. The molecule has 1 fully saturated rings. The summed E-state index contributed by atoms with van der Waals surface area (Å²) in [6, 6.07) is 4.33. The van der Waals surface area contributed by atoms with E-state index < -0.39 is 0 Å². The first kappa shape index (κ1) is 16.7. The average molecular weight is 397 g/mol. The van der Waals surface area contributed by atoms with Gasteiger partial charge in [-0.1, -0.05) is 0 Å². The first-order chi connectivity index (χ1) is 11.2. The molecular weight excluding hydrogens is 376 g/mol. The van der Waals surface area contributed by atoms with Crippen molar-refractivity contribution in [2.24, 2.45) is 0 Å². The molecule has 2 aromatic heterocycles. The van der Waals surface area contributed by atoms with Gasteiger partial charge in [-0.25, -0.2) is 9.97 Å². The zero-order valence-corrected chi connectivity index (χ0v) is 15.6. The summed E-state index contributed by atoms with van der Waals surface area (Å²) in [6.07, 6.45) is 4.96. The van der Waals surface area contributed by atoms with Crippen molar-refractivity contribution in [1.29, 1.82) is 0 Å². The molecule has 7 heteroatoms. The van der Waals surface area contributed by atoms with E-state index in [0.717, 1.165) is 41.4 Å². The number of rotatable bonds is 5. The maximum Gasteiger partial charge on any atom is 0.134 e. The number of nitrogens with zero attached hydrogens (tertiary/aromatic N) is 4. The highest BCUT2D eigenvalue weighted by Crippen LogP contribution is 2.26. The Kier molecular flexibility index (Phi) is 5.50. The van der Waals surface area contributed by atoms with E-state index in [1.165, 1.54) is 12.0 Å². The van der Waals surface area contributed by atoms with Crippen molar-refractivity contribution in [3.8, 4) is 0 Å². The second-order valence-corrected chi connectivity index (χ2v) is 8.17. The molecule has 0 bridgehead atoms. The molecule has 5 nitrogen and oxygen atoms in total. The fourth-order valence-corrected chi connectivity index (χ4v) is 4.18. The topological polar surface area (TPSA) is 52.5 Å². The van der Waals surface area contributed by atoms with E-state index in [2.05, 4.69) is 47.1 Å². The molecule has 1 aliphatic rings. The Balaban J connectivity index is 1.76. The van der Waals surface area contributed by atoms with Crippen LogP contribution in [-0.4, -0.2) is 41.3 Å². The van der Waals surface area contributed by atoms with Gasteiger partial charge >= 0.3 is 0 Å². The third-order valence-electron chi connectivity index (χ3n) is 4.20. The van der Waals surface area contributed by atoms with Gasteiger partial charge in [0.2, 0.25) is 0 Å². The lowest BCUT2D eigenvalue weighted by Crippen LogP contribution is -2.42. The lowest BCUT2D eigenvalue weighted by molar-refractivity contribution is 0.239. The Bertz CT molecular complexity index is 651. The van der Waals surface area contributed by atoms with Gasteiger partial charge in [0.1, 0.15) is 18.0 Å². The molecule has 1 saturated heterocycles. The fraction of sp³-hybridized carbons (Fsp3) is 0.500. The molecule has 1 atom stereocenters. The molecule has 1 N–H and O–H groups in total. The molecule has 0 saturated carbocycles. The van der Waals surface area contributed by atoms with Crippen molar-refractivity contribution in [2.75, 3.05) is 30.0 Å². The van der Waals surface area contributed by atoms with Crippen molar-refractivity contribution in [3.05, 3.63) is 33.2 Å². The molecule has 0 spiro atoms. The number of hydrogen-bond donors (Lipinski definition) is 1. The quantitative estimate of drug-likeness (QED) is 0.839. The SMILES string of the molecule is CN(Cc1csc(Br)c1)c1cc(N2CCCCC2CO)ncn1. The van der Waals surface area contributed by atoms with Gasteiger partial charge in [0.25, 0.3) is 0 Å². The first-order valence-corrected chi connectivity index (χ1v) is 9.48. The summed E-state index contributed by atoms with van der Waals surface area (Å²) in [5.41, 5.74) is 1.26. The van der Waals surface area contributed by atoms with Gasteiger partial charge in [-0.2, -0.15) is 0 Å². The maximum absolute atomic E-state index is 9.60. The molecule has 124 valence electrons. The van der Waals surface area contributed by atoms with Crippen LogP contribution in [0.3, 0.4) is 0 Å². The zero-order valence-electron chi connectivity index (χ0n) is 13.2. The molecule has 3 rings (SSSR count). The molecule has 2 aromatic rings. The van der Waals surface area contributed by atoms with E-state index in [9.17, 15) is 5.11 Å². The van der Waals surface area contributed by atoms with Crippen molar-refractivity contribution in [3.63, 3.8) is 0 Å². The van der Waals surface area contributed by atoms with Crippen LogP contribution in [0, 0.1) is 0 Å². The minimum absolute atomic E-state index is 0.171. The fourth-order valence-electron chi connectivity index (χ4n) is 2.98. The van der Waals surface area contributed by atoms with Crippen LogP contribution in [-0.2, 0) is 6.54 Å². The molecule has 23 heavy (non-hydrogen) atoms. The van der Waals surface area contributed by atoms with Crippen LogP contribution in [0.2, 0.25) is 0 Å². The van der Waals surface area contributed by atoms with E-state index in [1.807, 2.05) is 13.1 Å². The highest BCUT2D eigenvalue weighted by atomic mass is 79.9. The van der Waals surface area contributed by atoms with Crippen LogP contribution in [0.4, 0.5) is 11.6 Å². The van der Waals surface area contributed by atoms with Crippen LogP contribution in [0.15, 0.2) is 27.6 Å². The lowest BCUT2D eigenvalue weighted by Gasteiger charge is -2.35. The molecule has 3 heterocycles. The smallest absolute Gasteiger partial charge is 0.134 e. The van der Waals surface area contributed by atoms with Gasteiger partial charge in [0, 0.05) is 26.2 Å². The number of hydrogen-bond acceptors (Lipinski definition) is 6. The lowest BCUT2D eigenvalue weighted by atomic mass is 10.0. The van der Waals surface area contributed by atoms with Gasteiger partial charge in [0.15, 0.2) is 0 Å². The Morgan fingerprint density at radius 1 is 1.39 bits per heavy atom. The molecule has 1 unspecified atom stereocenters. The second-order valence-electron chi connectivity index (χ2n) is 5.88. The Morgan fingerprint density at radius 3 is 3.00 bits per heavy atom. The van der Waals surface area contributed by atoms with E-state index in [0.29, 0.717) is 0 Å². The predicted octanol–water partition coefficient (Wildman–Crippen LogP) is 3.29. The van der Waals surface area contributed by atoms with Crippen molar-refractivity contribution in [1.82, 2.24) is 9.97 Å². The Morgan fingerprint density at radius 2 is 2.26 bits per heavy atom. The summed E-state index contributed by atoms with van der Waals surface area (Å²) >= 11 is 5.19. The minimum atomic E-state index is 0.171. The molecule has 1 aliphatic heterocycles. The number of aliphatic hydroxyl groups excluding tert-OH is 1. The second kappa shape index (κ2) is 7.59. The summed E-state index contributed by atoms with van der Waals surface area (Å²) in [5.74, 6) is 1.81. The van der Waals surface area contributed by atoms with Gasteiger partial charge in [-0.15, -0.1) is 11.3 Å². The monoisotopic (exact) mass is 396 g/mol. The highest BCUT2D eigenvalue weighted by Gasteiger charge is 2.23. The van der Waals surface area contributed by atoms with Crippen LogP contribution in [0.25, 0.3) is 0 Å². The summed E-state index contributed by atoms with van der Waals surface area (Å²) < 4.78 is 1.14. The average Bonchev–Trinajstić information content (AvgIpc) is 2.99. The number of halogens is 1. The standard InChI is InChI=1S/C16H21BrN4OS/c1-20(8-12-6-14(17)23-10-12)15-7-16(19-11-18-15)21-5-3-2-4-13(21)9-22/h6-7,10-11,13,22H,2-5,8-9H2,1H3. The van der Waals surface area contributed by atoms with Crippen molar-refractivity contribution < 1.29 is 5.11 Å². The van der Waals surface area contributed by atoms with Gasteiger partial charge < -0.3 is 14.9 Å². The van der Waals surface area contributed by atoms with Crippen molar-refractivity contribution in [2.45, 2.75) is 31.8 Å². The van der Waals surface area contributed by atoms with Crippen LogP contribution in [0.1, 0.15) is 24.8 Å². The largest absolute Gasteiger partial charge is 0.394 e. The van der Waals surface area contributed by atoms with Crippen LogP contribution >= 0.6 is 27.3 Å². The van der Waals surface area contributed by atoms with E-state index in [-0.39, 0.29) is 12.6 Å². The number of aromatic nitrogens is 2. The zero-order chi connectivity index (χ0) is 16.2. The van der Waals surface area contributed by atoms with Crippen LogP contribution in [0.5, 0.6) is 0 Å². The third kappa shape index (κ3) is 4.02. The van der Waals surface area contributed by atoms with Crippen molar-refractivity contribution >= 4 is 38.9 Å². The Hall–Kier alpha value is -1.18. The maximum atomic E-state index is 9.60. The summed E-state index contributed by atoms with van der Waals surface area (Å²) in [4.78, 5) is 13.2. The van der Waals surface area contributed by atoms with Gasteiger partial charge in [-0.3, -0.25) is 0 Å². The number of thiophene rings is 1. The first-order valence-electron chi connectivity index (χ1n) is 7.81. The van der Waals surface area contributed by atoms with Gasteiger partial charge in [-0.05, 0) is 52.2 Å². The molecule has 0 aromatic carbocycles. The summed E-state index contributed by atoms with van der Waals surface area (Å²) in [5, 5.41) is 11.7. The minimum Gasteiger partial charge on any atom is -0.394 e. The molecule has 0 amide bonds. The predicted molar refractivity (Wildman–Crippen MR) is 98.2 cm³/mol. The van der Waals surface area contributed by atoms with Gasteiger partial charge in [0.05, 0.1) is 16.4 Å². The van der Waals surface area contributed by atoms with E-state index >= 15 is 0 Å². The van der Waals surface area contributed by atoms with Crippen LogP contribution < -0.4 is 9.80 Å². The molecule has 0 radical (unpaired) electrons. The third-order valence-corrected chi connectivity index (χ3v) is 5.76. The molecular formula is C16H21BrN4OS. The number of anilines is 2. The Labute approximate surface area is 149 Å². The number of piperidine rings is 1. The van der Waals surface area contributed by atoms with E-state index in [1.54, 1.807) is 17.7 Å². The molecule has 0 aliphatic carbocycles. The number of aliphatic hydroxyl groups is 1. The summed E-state index contributed by atoms with van der Waals surface area (Å²) in [7, 11) is 2.04. The summed E-state index contributed by atoms with van der Waals surface area (Å²) in [6.45, 7) is 1.93.